The molecule has 2 unspecified atom stereocenters. The van der Waals surface area contributed by atoms with Crippen molar-refractivity contribution in [3.63, 3.8) is 0 Å². The minimum atomic E-state index is -1.07. The number of ether oxygens (including phenoxy) is 4. The molecule has 0 amide bonds. The Morgan fingerprint density at radius 3 is 1.62 bits per heavy atom. The van der Waals surface area contributed by atoms with Crippen molar-refractivity contribution in [2.24, 2.45) is 0 Å². The highest BCUT2D eigenvalue weighted by Gasteiger charge is 2.15. The number of phenolic OH excluding ortho intramolecular Hbond substituents is 2. The normalized spacial score (nSPS) is 12.5. The van der Waals surface area contributed by atoms with E-state index in [9.17, 15) is 30.0 Å². The van der Waals surface area contributed by atoms with Crippen LogP contribution in [0.15, 0.2) is 109 Å². The summed E-state index contributed by atoms with van der Waals surface area (Å²) in [5.41, 5.74) is 0.651. The molecule has 0 radical (unpaired) electrons. The van der Waals surface area contributed by atoms with Gasteiger partial charge in [0.05, 0.1) is 11.1 Å². The van der Waals surface area contributed by atoms with Gasteiger partial charge in [-0.25, -0.2) is 9.59 Å². The smallest absolute Gasteiger partial charge is 0.338 e. The van der Waals surface area contributed by atoms with Gasteiger partial charge in [0.15, 0.2) is 0 Å². The van der Waals surface area contributed by atoms with Crippen molar-refractivity contribution >= 4 is 44.3 Å². The molecule has 0 saturated carbocycles. The summed E-state index contributed by atoms with van der Waals surface area (Å²) >= 11 is 0. The molecule has 6 aromatic rings. The van der Waals surface area contributed by atoms with Crippen molar-refractivity contribution < 1.29 is 49.0 Å². The standard InChI is InChI=1S/C38H32O10/c39-30-10-8-23-14-28(6-4-25(23)16-30)37(43)47-21-32(41)19-45-34-12-13-35-27(18-34)2-1-3-36(35)46-20-33(42)22-48-38(44)29-7-5-26-17-31(40)11-9-24(26)15-29/h1-18,32-33,39-42H,19-22H2. The number of esters is 2. The molecule has 0 spiro atoms. The van der Waals surface area contributed by atoms with Crippen LogP contribution >= 0.6 is 0 Å². The molecule has 48 heavy (non-hydrogen) atoms. The molecule has 0 aliphatic heterocycles. The number of carbonyl (C=O) groups excluding carboxylic acids is 2. The minimum Gasteiger partial charge on any atom is -0.508 e. The van der Waals surface area contributed by atoms with Gasteiger partial charge in [0.2, 0.25) is 0 Å². The molecule has 0 aromatic heterocycles. The second-order valence-corrected chi connectivity index (χ2v) is 11.3. The van der Waals surface area contributed by atoms with Gasteiger partial charge in [0, 0.05) is 5.39 Å². The van der Waals surface area contributed by atoms with Gasteiger partial charge < -0.3 is 39.4 Å². The first-order chi connectivity index (χ1) is 23.2. The van der Waals surface area contributed by atoms with Gasteiger partial charge in [-0.2, -0.15) is 0 Å². The first-order valence-corrected chi connectivity index (χ1v) is 15.2. The quantitative estimate of drug-likeness (QED) is 0.121. The SMILES string of the molecule is O=C(OCC(O)COc1ccc2c(OCC(O)COC(=O)c3ccc4cc(O)ccc4c3)cccc2c1)c1ccc2cc(O)ccc2c1. The fraction of sp³-hybridized carbons (Fsp3) is 0.158. The molecule has 0 saturated heterocycles. The van der Waals surface area contributed by atoms with E-state index in [0.29, 0.717) is 22.6 Å². The van der Waals surface area contributed by atoms with Crippen molar-refractivity contribution in [1.82, 2.24) is 0 Å². The Hall–Kier alpha value is -5.84. The number of benzene rings is 6. The Morgan fingerprint density at radius 2 is 1.04 bits per heavy atom. The summed E-state index contributed by atoms with van der Waals surface area (Å²) in [6.07, 6.45) is -2.14. The molecule has 0 bridgehead atoms. The largest absolute Gasteiger partial charge is 0.508 e. The van der Waals surface area contributed by atoms with Gasteiger partial charge >= 0.3 is 11.9 Å². The van der Waals surface area contributed by atoms with Crippen molar-refractivity contribution in [2.75, 3.05) is 26.4 Å². The predicted molar refractivity (Wildman–Crippen MR) is 179 cm³/mol. The maximum atomic E-state index is 12.5. The molecule has 244 valence electrons. The molecule has 0 heterocycles. The number of aliphatic hydroxyl groups excluding tert-OH is 2. The number of aromatic hydroxyl groups is 2. The zero-order valence-electron chi connectivity index (χ0n) is 25.6. The molecule has 2 atom stereocenters. The summed E-state index contributed by atoms with van der Waals surface area (Å²) in [5.74, 6) is 0.0998. The molecule has 0 fully saturated rings. The summed E-state index contributed by atoms with van der Waals surface area (Å²) in [6, 6.07) is 30.3. The van der Waals surface area contributed by atoms with E-state index in [-0.39, 0.29) is 37.9 Å². The van der Waals surface area contributed by atoms with E-state index < -0.39 is 24.1 Å². The van der Waals surface area contributed by atoms with Crippen LogP contribution in [0.3, 0.4) is 0 Å². The Kier molecular flexibility index (Phi) is 9.56. The van der Waals surface area contributed by atoms with Crippen molar-refractivity contribution in [3.05, 3.63) is 120 Å². The van der Waals surface area contributed by atoms with Gasteiger partial charge in [-0.05, 0) is 99.7 Å². The second-order valence-electron chi connectivity index (χ2n) is 11.3. The van der Waals surface area contributed by atoms with E-state index in [0.717, 1.165) is 32.3 Å². The average molecular weight is 649 g/mol. The Balaban J connectivity index is 0.969. The molecule has 10 heteroatoms. The summed E-state index contributed by atoms with van der Waals surface area (Å²) in [4.78, 5) is 25.0. The van der Waals surface area contributed by atoms with Crippen LogP contribution < -0.4 is 9.47 Å². The molecule has 0 aliphatic rings. The minimum absolute atomic E-state index is 0.111. The van der Waals surface area contributed by atoms with E-state index in [4.69, 9.17) is 18.9 Å². The molecule has 10 nitrogen and oxygen atoms in total. The maximum absolute atomic E-state index is 12.5. The lowest BCUT2D eigenvalue weighted by Crippen LogP contribution is -2.25. The van der Waals surface area contributed by atoms with Crippen LogP contribution in [-0.2, 0) is 9.47 Å². The highest BCUT2D eigenvalue weighted by Crippen LogP contribution is 2.29. The zero-order chi connectivity index (χ0) is 33.6. The van der Waals surface area contributed by atoms with Crippen molar-refractivity contribution in [2.45, 2.75) is 12.2 Å². The second kappa shape index (κ2) is 14.3. The summed E-state index contributed by atoms with van der Waals surface area (Å²) in [6.45, 7) is -0.751. The van der Waals surface area contributed by atoms with Crippen LogP contribution in [0.4, 0.5) is 0 Å². The summed E-state index contributed by atoms with van der Waals surface area (Å²) in [5, 5.41) is 44.7. The molecular formula is C38H32O10. The summed E-state index contributed by atoms with van der Waals surface area (Å²) < 4.78 is 22.1. The van der Waals surface area contributed by atoms with Crippen LogP contribution in [0, 0.1) is 0 Å². The first-order valence-electron chi connectivity index (χ1n) is 15.2. The third-order valence-electron chi connectivity index (χ3n) is 7.62. The highest BCUT2D eigenvalue weighted by molar-refractivity contribution is 5.96. The topological polar surface area (TPSA) is 152 Å². The Bertz CT molecular complexity index is 2110. The van der Waals surface area contributed by atoms with Gasteiger partial charge in [0.25, 0.3) is 0 Å². The predicted octanol–water partition coefficient (Wildman–Crippen LogP) is 5.75. The number of hydrogen-bond donors (Lipinski definition) is 4. The lowest BCUT2D eigenvalue weighted by molar-refractivity contribution is 0.0129. The van der Waals surface area contributed by atoms with Crippen LogP contribution in [0.1, 0.15) is 20.7 Å². The molecular weight excluding hydrogens is 616 g/mol. The molecule has 4 N–H and O–H groups in total. The number of carbonyl (C=O) groups is 2. The van der Waals surface area contributed by atoms with Crippen molar-refractivity contribution in [1.29, 1.82) is 0 Å². The fourth-order valence-electron chi connectivity index (χ4n) is 5.15. The van der Waals surface area contributed by atoms with E-state index in [1.54, 1.807) is 91.0 Å². The van der Waals surface area contributed by atoms with Gasteiger partial charge in [-0.3, -0.25) is 0 Å². The monoisotopic (exact) mass is 648 g/mol. The Morgan fingerprint density at radius 1 is 0.521 bits per heavy atom. The van der Waals surface area contributed by atoms with E-state index >= 15 is 0 Å². The average Bonchev–Trinajstić information content (AvgIpc) is 3.10. The first kappa shape index (κ1) is 32.1. The third-order valence-corrected chi connectivity index (χ3v) is 7.62. The molecule has 6 rings (SSSR count). The number of aliphatic hydroxyl groups is 2. The highest BCUT2D eigenvalue weighted by atomic mass is 16.6. The van der Waals surface area contributed by atoms with E-state index in [1.807, 2.05) is 6.07 Å². The lowest BCUT2D eigenvalue weighted by Gasteiger charge is -2.15. The van der Waals surface area contributed by atoms with E-state index in [2.05, 4.69) is 0 Å². The van der Waals surface area contributed by atoms with Crippen LogP contribution in [0.2, 0.25) is 0 Å². The Labute approximate surface area is 274 Å². The third kappa shape index (κ3) is 7.75. The van der Waals surface area contributed by atoms with Crippen LogP contribution in [-0.4, -0.2) is 71.0 Å². The number of phenols is 2. The van der Waals surface area contributed by atoms with Gasteiger partial charge in [-0.1, -0.05) is 36.4 Å². The van der Waals surface area contributed by atoms with Gasteiger partial charge in [-0.15, -0.1) is 0 Å². The molecule has 6 aromatic carbocycles. The summed E-state index contributed by atoms with van der Waals surface area (Å²) in [7, 11) is 0. The number of hydrogen-bond acceptors (Lipinski definition) is 10. The number of fused-ring (bicyclic) bond motifs is 3. The van der Waals surface area contributed by atoms with Crippen molar-refractivity contribution in [3.8, 4) is 23.0 Å². The van der Waals surface area contributed by atoms with Crippen LogP contribution in [0.25, 0.3) is 32.3 Å². The van der Waals surface area contributed by atoms with E-state index in [1.165, 1.54) is 12.1 Å². The zero-order valence-corrected chi connectivity index (χ0v) is 25.6. The fourth-order valence-corrected chi connectivity index (χ4v) is 5.15. The number of rotatable bonds is 12. The van der Waals surface area contributed by atoms with Gasteiger partial charge in [0.1, 0.15) is 61.6 Å². The molecule has 0 aliphatic carbocycles. The van der Waals surface area contributed by atoms with Crippen LogP contribution in [0.5, 0.6) is 23.0 Å². The lowest BCUT2D eigenvalue weighted by atomic mass is 10.1. The maximum Gasteiger partial charge on any atom is 0.338 e.